The summed E-state index contributed by atoms with van der Waals surface area (Å²) in [5.74, 6) is 1.75. The molecule has 0 spiro atoms. The number of rotatable bonds is 5. The Morgan fingerprint density at radius 2 is 2.16 bits per heavy atom. The average Bonchev–Trinajstić information content (AvgIpc) is 2.34. The minimum atomic E-state index is -3.82. The maximum Gasteiger partial charge on any atom is 0.241 e. The predicted octanol–water partition coefficient (Wildman–Crippen LogP) is 1.80. The van der Waals surface area contributed by atoms with E-state index in [9.17, 15) is 12.8 Å². The molecule has 19 heavy (non-hydrogen) atoms. The second kappa shape index (κ2) is 6.04. The van der Waals surface area contributed by atoms with Crippen LogP contribution >= 0.6 is 0 Å². The first-order valence-corrected chi connectivity index (χ1v) is 7.31. The number of terminal acetylenes is 1. The second-order valence-electron chi connectivity index (χ2n) is 4.25. The Balaban J connectivity index is 3.11. The van der Waals surface area contributed by atoms with Gasteiger partial charge in [-0.1, -0.05) is 6.92 Å². The number of nitrogens with one attached hydrogen (secondary N) is 1. The fraction of sp³-hybridized carbons (Fsp3) is 0.385. The van der Waals surface area contributed by atoms with Crippen molar-refractivity contribution in [3.8, 4) is 12.3 Å². The molecule has 0 aromatic heterocycles. The lowest BCUT2D eigenvalue weighted by Gasteiger charge is -2.15. The Bertz CT molecular complexity index is 583. The zero-order valence-electron chi connectivity index (χ0n) is 10.9. The number of nitrogen functional groups attached to an aromatic ring is 1. The van der Waals surface area contributed by atoms with Gasteiger partial charge in [-0.2, -0.15) is 0 Å². The number of hydrogen-bond donors (Lipinski definition) is 2. The number of nitrogens with two attached hydrogens (primary N) is 1. The zero-order chi connectivity index (χ0) is 14.6. The van der Waals surface area contributed by atoms with Gasteiger partial charge in [-0.15, -0.1) is 12.3 Å². The molecule has 0 fully saturated rings. The summed E-state index contributed by atoms with van der Waals surface area (Å²) in [6.45, 7) is 3.30. The van der Waals surface area contributed by atoms with Gasteiger partial charge in [0.1, 0.15) is 5.82 Å². The number of sulfonamides is 1. The average molecular weight is 284 g/mol. The monoisotopic (exact) mass is 284 g/mol. The lowest BCUT2D eigenvalue weighted by molar-refractivity contribution is 0.542. The summed E-state index contributed by atoms with van der Waals surface area (Å²) in [4.78, 5) is -0.191. The van der Waals surface area contributed by atoms with Crippen LogP contribution < -0.4 is 10.5 Å². The largest absolute Gasteiger partial charge is 0.398 e. The number of halogens is 1. The highest BCUT2D eigenvalue weighted by Crippen LogP contribution is 2.21. The van der Waals surface area contributed by atoms with Gasteiger partial charge in [-0.25, -0.2) is 17.5 Å². The fourth-order valence-electron chi connectivity index (χ4n) is 1.53. The summed E-state index contributed by atoms with van der Waals surface area (Å²) >= 11 is 0. The highest BCUT2D eigenvalue weighted by molar-refractivity contribution is 7.89. The third kappa shape index (κ3) is 3.69. The molecule has 0 aliphatic heterocycles. The highest BCUT2D eigenvalue weighted by atomic mass is 32.2. The van der Waals surface area contributed by atoms with E-state index in [1.807, 2.05) is 6.92 Å². The van der Waals surface area contributed by atoms with Gasteiger partial charge in [-0.05, 0) is 25.5 Å². The summed E-state index contributed by atoms with van der Waals surface area (Å²) < 4.78 is 40.2. The maximum absolute atomic E-state index is 13.5. The third-order valence-corrected chi connectivity index (χ3v) is 4.35. The Kier molecular flexibility index (Phi) is 4.92. The van der Waals surface area contributed by atoms with E-state index in [4.69, 9.17) is 12.2 Å². The first kappa shape index (κ1) is 15.5. The maximum atomic E-state index is 13.5. The molecule has 0 saturated heterocycles. The van der Waals surface area contributed by atoms with Gasteiger partial charge in [-0.3, -0.25) is 0 Å². The molecule has 1 atom stereocenters. The Morgan fingerprint density at radius 1 is 1.53 bits per heavy atom. The Morgan fingerprint density at radius 3 is 2.63 bits per heavy atom. The molecule has 104 valence electrons. The van der Waals surface area contributed by atoms with Crippen molar-refractivity contribution >= 4 is 15.7 Å². The van der Waals surface area contributed by atoms with Crippen LogP contribution in [-0.4, -0.2) is 14.5 Å². The van der Waals surface area contributed by atoms with Crippen LogP contribution in [0, 0.1) is 25.1 Å². The van der Waals surface area contributed by atoms with Crippen molar-refractivity contribution in [3.63, 3.8) is 0 Å². The number of benzene rings is 1. The molecule has 1 unspecified atom stereocenters. The lowest BCUT2D eigenvalue weighted by atomic mass is 10.2. The van der Waals surface area contributed by atoms with Crippen LogP contribution in [0.1, 0.15) is 25.3 Å². The molecule has 0 aliphatic carbocycles. The molecule has 3 N–H and O–H groups in total. The van der Waals surface area contributed by atoms with Crippen molar-refractivity contribution in [1.82, 2.24) is 4.72 Å². The summed E-state index contributed by atoms with van der Waals surface area (Å²) in [5.41, 5.74) is 5.91. The molecule has 0 saturated carbocycles. The first-order chi connectivity index (χ1) is 8.81. The van der Waals surface area contributed by atoms with E-state index >= 15 is 0 Å². The van der Waals surface area contributed by atoms with Crippen molar-refractivity contribution in [2.24, 2.45) is 0 Å². The molecule has 0 radical (unpaired) electrons. The molecule has 4 nitrogen and oxygen atoms in total. The van der Waals surface area contributed by atoms with Crippen LogP contribution in [0.5, 0.6) is 0 Å². The molecular formula is C13H17FN2O2S. The molecule has 1 aromatic carbocycles. The van der Waals surface area contributed by atoms with Gasteiger partial charge in [0, 0.05) is 23.7 Å². The molecule has 1 rings (SSSR count). The van der Waals surface area contributed by atoms with E-state index in [-0.39, 0.29) is 28.6 Å². The minimum Gasteiger partial charge on any atom is -0.398 e. The van der Waals surface area contributed by atoms with Gasteiger partial charge >= 0.3 is 0 Å². The second-order valence-corrected chi connectivity index (χ2v) is 5.97. The van der Waals surface area contributed by atoms with E-state index < -0.39 is 15.8 Å². The van der Waals surface area contributed by atoms with Crippen molar-refractivity contribution in [3.05, 3.63) is 23.5 Å². The summed E-state index contributed by atoms with van der Waals surface area (Å²) in [6.07, 6.45) is 5.99. The Labute approximate surface area is 113 Å². The molecule has 1 aromatic rings. The molecule has 0 bridgehead atoms. The molecule has 0 aliphatic rings. The van der Waals surface area contributed by atoms with Gasteiger partial charge < -0.3 is 5.73 Å². The standard InChI is InChI=1S/C13H17FN2O2S/c1-4-6-10(5-2)16-19(17,18)11-7-12(14)9(3)13(15)8-11/h1,7-8,10,16H,5-6,15H2,2-3H3. The minimum absolute atomic E-state index is 0.102. The summed E-state index contributed by atoms with van der Waals surface area (Å²) in [6, 6.07) is 1.82. The van der Waals surface area contributed by atoms with Gasteiger partial charge in [0.05, 0.1) is 4.90 Å². The Hall–Kier alpha value is -1.58. The van der Waals surface area contributed by atoms with E-state index in [0.717, 1.165) is 6.07 Å². The highest BCUT2D eigenvalue weighted by Gasteiger charge is 2.20. The fourth-order valence-corrected chi connectivity index (χ4v) is 2.89. The van der Waals surface area contributed by atoms with Gasteiger partial charge in [0.15, 0.2) is 0 Å². The van der Waals surface area contributed by atoms with Crippen molar-refractivity contribution in [2.75, 3.05) is 5.73 Å². The molecule has 0 heterocycles. The SMILES string of the molecule is C#CCC(CC)NS(=O)(=O)c1cc(N)c(C)c(F)c1. The lowest BCUT2D eigenvalue weighted by Crippen LogP contribution is -2.34. The van der Waals surface area contributed by atoms with Crippen LogP contribution in [0.15, 0.2) is 17.0 Å². The number of hydrogen-bond acceptors (Lipinski definition) is 3. The summed E-state index contributed by atoms with van der Waals surface area (Å²) in [5, 5.41) is 0. The molecular weight excluding hydrogens is 267 g/mol. The van der Waals surface area contributed by atoms with Gasteiger partial charge in [0.25, 0.3) is 0 Å². The third-order valence-electron chi connectivity index (χ3n) is 2.85. The van der Waals surface area contributed by atoms with Crippen LogP contribution in [-0.2, 0) is 10.0 Å². The van der Waals surface area contributed by atoms with Crippen LogP contribution in [0.4, 0.5) is 10.1 Å². The normalized spacial score (nSPS) is 12.9. The van der Waals surface area contributed by atoms with Crippen LogP contribution in [0.25, 0.3) is 0 Å². The molecule has 6 heteroatoms. The van der Waals surface area contributed by atoms with Crippen molar-refractivity contribution in [1.29, 1.82) is 0 Å². The smallest absolute Gasteiger partial charge is 0.241 e. The van der Waals surface area contributed by atoms with E-state index in [1.165, 1.54) is 13.0 Å². The quantitative estimate of drug-likeness (QED) is 0.639. The van der Waals surface area contributed by atoms with Crippen molar-refractivity contribution in [2.45, 2.75) is 37.6 Å². The van der Waals surface area contributed by atoms with E-state index in [1.54, 1.807) is 0 Å². The van der Waals surface area contributed by atoms with Gasteiger partial charge in [0.2, 0.25) is 10.0 Å². The molecule has 0 amide bonds. The summed E-state index contributed by atoms with van der Waals surface area (Å²) in [7, 11) is -3.82. The van der Waals surface area contributed by atoms with Crippen LogP contribution in [0.3, 0.4) is 0 Å². The van der Waals surface area contributed by atoms with Crippen molar-refractivity contribution < 1.29 is 12.8 Å². The van der Waals surface area contributed by atoms with Crippen LogP contribution in [0.2, 0.25) is 0 Å². The predicted molar refractivity (Wildman–Crippen MR) is 73.4 cm³/mol. The zero-order valence-corrected chi connectivity index (χ0v) is 11.7. The first-order valence-electron chi connectivity index (χ1n) is 5.83. The topological polar surface area (TPSA) is 72.2 Å². The van der Waals surface area contributed by atoms with E-state index in [2.05, 4.69) is 10.6 Å². The van der Waals surface area contributed by atoms with E-state index in [0.29, 0.717) is 6.42 Å². The number of anilines is 1.